The Morgan fingerprint density at radius 2 is 1.44 bits per heavy atom. The molecule has 0 atom stereocenters. The van der Waals surface area contributed by atoms with Crippen molar-refractivity contribution in [2.75, 3.05) is 13.6 Å². The van der Waals surface area contributed by atoms with Crippen molar-refractivity contribution in [1.29, 1.82) is 0 Å². The van der Waals surface area contributed by atoms with E-state index in [1.807, 2.05) is 18.2 Å². The molecule has 1 aromatic heterocycles. The monoisotopic (exact) mass is 335 g/mol. The Kier molecular flexibility index (Phi) is 6.35. The maximum atomic E-state index is 5.77. The van der Waals surface area contributed by atoms with Crippen LogP contribution in [0.3, 0.4) is 0 Å². The molecule has 0 aliphatic rings. The van der Waals surface area contributed by atoms with Crippen molar-refractivity contribution in [2.24, 2.45) is 0 Å². The lowest BCUT2D eigenvalue weighted by Gasteiger charge is -2.13. The van der Waals surface area contributed by atoms with Gasteiger partial charge < -0.3 is 4.42 Å². The van der Waals surface area contributed by atoms with Gasteiger partial charge in [0, 0.05) is 0 Å². The molecule has 0 amide bonds. The minimum atomic E-state index is 0.679. The van der Waals surface area contributed by atoms with E-state index in [-0.39, 0.29) is 0 Å². The summed E-state index contributed by atoms with van der Waals surface area (Å²) in [6, 6.07) is 20.8. The minimum Gasteiger partial charge on any atom is -0.424 e. The van der Waals surface area contributed by atoms with Gasteiger partial charge in [0.1, 0.15) is 0 Å². The molecule has 0 saturated carbocycles. The van der Waals surface area contributed by atoms with Crippen LogP contribution in [-0.4, -0.2) is 28.7 Å². The SMILES string of the molecule is CN(CCCCc1ccccc1)Cc1nnc(Cc2ccccc2)o1. The first-order valence-electron chi connectivity index (χ1n) is 8.87. The first kappa shape index (κ1) is 17.4. The zero-order chi connectivity index (χ0) is 17.3. The van der Waals surface area contributed by atoms with E-state index in [9.17, 15) is 0 Å². The Morgan fingerprint density at radius 1 is 0.800 bits per heavy atom. The lowest BCUT2D eigenvalue weighted by atomic mass is 10.1. The summed E-state index contributed by atoms with van der Waals surface area (Å²) in [4.78, 5) is 2.24. The van der Waals surface area contributed by atoms with Gasteiger partial charge in [-0.1, -0.05) is 60.7 Å². The summed E-state index contributed by atoms with van der Waals surface area (Å²) in [7, 11) is 2.10. The Bertz CT molecular complexity index is 740. The van der Waals surface area contributed by atoms with Crippen molar-refractivity contribution in [3.8, 4) is 0 Å². The quantitative estimate of drug-likeness (QED) is 0.552. The van der Waals surface area contributed by atoms with Crippen molar-refractivity contribution < 1.29 is 4.42 Å². The predicted octanol–water partition coefficient (Wildman–Crippen LogP) is 4.12. The van der Waals surface area contributed by atoms with E-state index in [1.165, 1.54) is 17.5 Å². The van der Waals surface area contributed by atoms with Crippen LogP contribution in [0.4, 0.5) is 0 Å². The van der Waals surface area contributed by atoms with Crippen LogP contribution in [0.5, 0.6) is 0 Å². The molecule has 3 rings (SSSR count). The number of hydrogen-bond acceptors (Lipinski definition) is 4. The smallest absolute Gasteiger partial charge is 0.230 e. The van der Waals surface area contributed by atoms with Gasteiger partial charge in [-0.2, -0.15) is 0 Å². The molecule has 4 nitrogen and oxygen atoms in total. The number of rotatable bonds is 9. The molecule has 130 valence electrons. The van der Waals surface area contributed by atoms with Crippen LogP contribution in [0, 0.1) is 0 Å². The van der Waals surface area contributed by atoms with Gasteiger partial charge in [0.25, 0.3) is 0 Å². The number of aromatic nitrogens is 2. The molecule has 4 heteroatoms. The molecule has 0 radical (unpaired) electrons. The molecule has 0 N–H and O–H groups in total. The number of unbranched alkanes of at least 4 members (excludes halogenated alkanes) is 1. The van der Waals surface area contributed by atoms with Crippen LogP contribution in [0.1, 0.15) is 35.7 Å². The van der Waals surface area contributed by atoms with E-state index in [1.54, 1.807) is 0 Å². The molecular formula is C21H25N3O. The molecular weight excluding hydrogens is 310 g/mol. The molecule has 3 aromatic rings. The third-order valence-corrected chi connectivity index (χ3v) is 4.21. The summed E-state index contributed by atoms with van der Waals surface area (Å²) in [6.45, 7) is 1.73. The first-order valence-corrected chi connectivity index (χ1v) is 8.87. The molecule has 0 spiro atoms. The van der Waals surface area contributed by atoms with Crippen LogP contribution in [0.15, 0.2) is 65.1 Å². The fourth-order valence-electron chi connectivity index (χ4n) is 2.86. The third-order valence-electron chi connectivity index (χ3n) is 4.21. The summed E-state index contributed by atoms with van der Waals surface area (Å²) in [5.41, 5.74) is 2.60. The first-order chi connectivity index (χ1) is 12.3. The second-order valence-corrected chi connectivity index (χ2v) is 6.43. The largest absolute Gasteiger partial charge is 0.424 e. The van der Waals surface area contributed by atoms with Gasteiger partial charge >= 0.3 is 0 Å². The zero-order valence-electron chi connectivity index (χ0n) is 14.8. The van der Waals surface area contributed by atoms with Crippen LogP contribution >= 0.6 is 0 Å². The van der Waals surface area contributed by atoms with Gasteiger partial charge in [-0.15, -0.1) is 10.2 Å². The highest BCUT2D eigenvalue weighted by molar-refractivity contribution is 5.17. The van der Waals surface area contributed by atoms with E-state index in [0.717, 1.165) is 19.4 Å². The Morgan fingerprint density at radius 3 is 2.16 bits per heavy atom. The average Bonchev–Trinajstić information content (AvgIpc) is 3.07. The van der Waals surface area contributed by atoms with Crippen molar-refractivity contribution in [2.45, 2.75) is 32.2 Å². The Labute approximate surface area is 149 Å². The highest BCUT2D eigenvalue weighted by Crippen LogP contribution is 2.10. The maximum absolute atomic E-state index is 5.77. The van der Waals surface area contributed by atoms with Gasteiger partial charge in [-0.25, -0.2) is 0 Å². The number of aryl methyl sites for hydroxylation is 1. The normalized spacial score (nSPS) is 11.1. The lowest BCUT2D eigenvalue weighted by molar-refractivity contribution is 0.279. The van der Waals surface area contributed by atoms with Crippen LogP contribution < -0.4 is 0 Å². The molecule has 0 bridgehead atoms. The van der Waals surface area contributed by atoms with Crippen LogP contribution in [-0.2, 0) is 19.4 Å². The lowest BCUT2D eigenvalue weighted by Crippen LogP contribution is -2.19. The van der Waals surface area contributed by atoms with Gasteiger partial charge in [0.2, 0.25) is 11.8 Å². The minimum absolute atomic E-state index is 0.679. The standard InChI is InChI=1S/C21H25N3O/c1-24(15-9-8-12-18-10-4-2-5-11-18)17-21-23-22-20(25-21)16-19-13-6-3-7-14-19/h2-7,10-11,13-14H,8-9,12,15-17H2,1H3. The molecule has 0 saturated heterocycles. The molecule has 0 aliphatic heterocycles. The van der Waals surface area contributed by atoms with E-state index < -0.39 is 0 Å². The Hall–Kier alpha value is -2.46. The van der Waals surface area contributed by atoms with Crippen molar-refractivity contribution >= 4 is 0 Å². The highest BCUT2D eigenvalue weighted by atomic mass is 16.4. The van der Waals surface area contributed by atoms with Gasteiger partial charge in [-0.05, 0) is 44.0 Å². The Balaban J connectivity index is 1.38. The topological polar surface area (TPSA) is 42.2 Å². The highest BCUT2D eigenvalue weighted by Gasteiger charge is 2.09. The van der Waals surface area contributed by atoms with E-state index in [2.05, 4.69) is 64.6 Å². The van der Waals surface area contributed by atoms with E-state index in [4.69, 9.17) is 4.42 Å². The molecule has 25 heavy (non-hydrogen) atoms. The van der Waals surface area contributed by atoms with Gasteiger partial charge in [0.15, 0.2) is 0 Å². The maximum Gasteiger partial charge on any atom is 0.230 e. The van der Waals surface area contributed by atoms with Crippen molar-refractivity contribution in [3.05, 3.63) is 83.6 Å². The van der Waals surface area contributed by atoms with Crippen LogP contribution in [0.2, 0.25) is 0 Å². The second-order valence-electron chi connectivity index (χ2n) is 6.43. The number of nitrogens with zero attached hydrogens (tertiary/aromatic N) is 3. The van der Waals surface area contributed by atoms with Crippen molar-refractivity contribution in [1.82, 2.24) is 15.1 Å². The second kappa shape index (κ2) is 9.14. The summed E-state index contributed by atoms with van der Waals surface area (Å²) in [6.07, 6.45) is 4.18. The number of benzene rings is 2. The average molecular weight is 335 g/mol. The van der Waals surface area contributed by atoms with E-state index in [0.29, 0.717) is 24.7 Å². The fourth-order valence-corrected chi connectivity index (χ4v) is 2.86. The fraction of sp³-hybridized carbons (Fsp3) is 0.333. The van der Waals surface area contributed by atoms with E-state index >= 15 is 0 Å². The summed E-state index contributed by atoms with van der Waals surface area (Å²) in [5, 5.41) is 8.33. The zero-order valence-corrected chi connectivity index (χ0v) is 14.8. The summed E-state index contributed by atoms with van der Waals surface area (Å²) >= 11 is 0. The third kappa shape index (κ3) is 5.84. The van der Waals surface area contributed by atoms with Gasteiger partial charge in [-0.3, -0.25) is 4.90 Å². The van der Waals surface area contributed by atoms with Crippen molar-refractivity contribution in [3.63, 3.8) is 0 Å². The summed E-state index contributed by atoms with van der Waals surface area (Å²) < 4.78 is 5.77. The molecule has 0 aliphatic carbocycles. The molecule has 1 heterocycles. The summed E-state index contributed by atoms with van der Waals surface area (Å²) in [5.74, 6) is 1.37. The molecule has 2 aromatic carbocycles. The predicted molar refractivity (Wildman–Crippen MR) is 99.3 cm³/mol. The molecule has 0 fully saturated rings. The van der Waals surface area contributed by atoms with Crippen LogP contribution in [0.25, 0.3) is 0 Å². The molecule has 0 unspecified atom stereocenters. The van der Waals surface area contributed by atoms with Gasteiger partial charge in [0.05, 0.1) is 13.0 Å². The number of hydrogen-bond donors (Lipinski definition) is 0.